The van der Waals surface area contributed by atoms with Crippen LogP contribution in [0.15, 0.2) is 30.3 Å². The van der Waals surface area contributed by atoms with E-state index in [4.69, 9.17) is 17.7 Å². The normalized spacial score (nSPS) is 12.7. The molecule has 0 aliphatic carbocycles. The molecule has 0 saturated carbocycles. The largest absolute Gasteiger partial charge is 0.435 e. The maximum absolute atomic E-state index is 12.0. The average molecular weight is 415 g/mol. The maximum atomic E-state index is 12.0. The molecule has 0 amide bonds. The van der Waals surface area contributed by atoms with Crippen molar-refractivity contribution in [2.75, 3.05) is 13.0 Å². The third kappa shape index (κ3) is 9.01. The lowest BCUT2D eigenvalue weighted by atomic mass is 10.1. The van der Waals surface area contributed by atoms with Crippen molar-refractivity contribution in [1.82, 2.24) is 0 Å². The fraction of sp³-hybridized carbons (Fsp3) is 0.529. The maximum Gasteiger partial charge on any atom is 0.381 e. The molecule has 0 bridgehead atoms. The lowest BCUT2D eigenvalue weighted by molar-refractivity contribution is -0.149. The summed E-state index contributed by atoms with van der Waals surface area (Å²) in [6.45, 7) is 14.3. The monoisotopic (exact) mass is 414 g/mol. The number of esters is 1. The summed E-state index contributed by atoms with van der Waals surface area (Å²) in [6.07, 6.45) is 0.244. The van der Waals surface area contributed by atoms with Crippen LogP contribution < -0.4 is 0 Å². The van der Waals surface area contributed by atoms with Gasteiger partial charge in [0, 0.05) is 5.56 Å². The summed E-state index contributed by atoms with van der Waals surface area (Å²) in [4.78, 5) is 23.8. The number of benzene rings is 1. The third-order valence-corrected chi connectivity index (χ3v) is 12.0. The van der Waals surface area contributed by atoms with Gasteiger partial charge in [-0.15, -0.1) is 0 Å². The highest BCUT2D eigenvalue weighted by atomic mass is 28.5. The Balaban J connectivity index is 2.56. The standard InChI is InChI=1S/C17H30O6Si3/c1-24(2,3)22-26(7,23-25(4,5)6)14-20-13-21-17(19)16(18)15-11-9-8-10-12-15/h8-12H,13-14H2,1-7H3. The Bertz CT molecular complexity index is 591. The zero-order valence-electron chi connectivity index (χ0n) is 16.8. The number of carbonyl (C=O) groups excluding carboxylic acids is 2. The summed E-state index contributed by atoms with van der Waals surface area (Å²) in [5, 5.41) is 0. The molecule has 0 unspecified atom stereocenters. The quantitative estimate of drug-likeness (QED) is 0.145. The van der Waals surface area contributed by atoms with Crippen LogP contribution in [0.4, 0.5) is 0 Å². The summed E-state index contributed by atoms with van der Waals surface area (Å²) < 4.78 is 23.0. The van der Waals surface area contributed by atoms with Gasteiger partial charge in [-0.05, 0) is 45.8 Å². The molecule has 0 aliphatic heterocycles. The predicted octanol–water partition coefficient (Wildman–Crippen LogP) is 3.70. The molecule has 1 aromatic carbocycles. The molecular formula is C17H30O6Si3. The van der Waals surface area contributed by atoms with Gasteiger partial charge in [-0.1, -0.05) is 30.3 Å². The van der Waals surface area contributed by atoms with Gasteiger partial charge in [-0.2, -0.15) is 0 Å². The van der Waals surface area contributed by atoms with Crippen LogP contribution in [0.5, 0.6) is 0 Å². The van der Waals surface area contributed by atoms with Crippen LogP contribution in [0.2, 0.25) is 45.8 Å². The van der Waals surface area contributed by atoms with Crippen LogP contribution in [0.3, 0.4) is 0 Å². The predicted molar refractivity (Wildman–Crippen MR) is 108 cm³/mol. The smallest absolute Gasteiger partial charge is 0.381 e. The van der Waals surface area contributed by atoms with Crippen molar-refractivity contribution >= 4 is 36.9 Å². The molecule has 0 N–H and O–H groups in total. The molecule has 0 radical (unpaired) electrons. The summed E-state index contributed by atoms with van der Waals surface area (Å²) >= 11 is 0. The fourth-order valence-electron chi connectivity index (χ4n) is 2.47. The van der Waals surface area contributed by atoms with E-state index in [-0.39, 0.29) is 13.0 Å². The zero-order chi connectivity index (χ0) is 20.0. The minimum atomic E-state index is -2.56. The number of hydrogen-bond donors (Lipinski definition) is 0. The van der Waals surface area contributed by atoms with Gasteiger partial charge in [0.05, 0.1) is 6.23 Å². The Morgan fingerprint density at radius 2 is 1.35 bits per heavy atom. The third-order valence-electron chi connectivity index (χ3n) is 2.90. The molecule has 0 fully saturated rings. The number of ether oxygens (including phenoxy) is 2. The van der Waals surface area contributed by atoms with Crippen molar-refractivity contribution < 1.29 is 27.3 Å². The second kappa shape index (κ2) is 9.20. The summed E-state index contributed by atoms with van der Waals surface area (Å²) in [6, 6.07) is 8.29. The van der Waals surface area contributed by atoms with Gasteiger partial charge in [0.1, 0.15) is 0 Å². The summed E-state index contributed by atoms with van der Waals surface area (Å²) in [5.41, 5.74) is 0.292. The molecule has 6 nitrogen and oxygen atoms in total. The van der Waals surface area contributed by atoms with Crippen LogP contribution in [0.1, 0.15) is 10.4 Å². The summed E-state index contributed by atoms with van der Waals surface area (Å²) in [5.74, 6) is -1.62. The fourth-order valence-corrected chi connectivity index (χ4v) is 14.3. The van der Waals surface area contributed by atoms with Gasteiger partial charge >= 0.3 is 14.5 Å². The van der Waals surface area contributed by atoms with Gasteiger partial charge in [0.25, 0.3) is 5.78 Å². The van der Waals surface area contributed by atoms with Gasteiger partial charge in [0.15, 0.2) is 23.4 Å². The van der Waals surface area contributed by atoms with E-state index in [1.807, 2.05) is 6.55 Å². The highest BCUT2D eigenvalue weighted by Gasteiger charge is 2.40. The number of ketones is 1. The van der Waals surface area contributed by atoms with Crippen molar-refractivity contribution in [3.05, 3.63) is 35.9 Å². The molecule has 0 heterocycles. The van der Waals surface area contributed by atoms with E-state index in [1.54, 1.807) is 30.3 Å². The van der Waals surface area contributed by atoms with Crippen molar-refractivity contribution in [3.8, 4) is 0 Å². The van der Waals surface area contributed by atoms with Crippen molar-refractivity contribution in [2.24, 2.45) is 0 Å². The van der Waals surface area contributed by atoms with Crippen LogP contribution >= 0.6 is 0 Å². The minimum Gasteiger partial charge on any atom is -0.435 e. The SMILES string of the molecule is C[Si](C)(C)O[Si](C)(COCOC(=O)C(=O)c1ccccc1)O[Si](C)(C)C. The Morgan fingerprint density at radius 1 is 0.846 bits per heavy atom. The van der Waals surface area contributed by atoms with Gasteiger partial charge in [-0.3, -0.25) is 4.79 Å². The van der Waals surface area contributed by atoms with Gasteiger partial charge in [0.2, 0.25) is 0 Å². The molecular weight excluding hydrogens is 384 g/mol. The lowest BCUT2D eigenvalue weighted by Crippen LogP contribution is -2.56. The molecule has 146 valence electrons. The van der Waals surface area contributed by atoms with Crippen LogP contribution in [0, 0.1) is 0 Å². The van der Waals surface area contributed by atoms with Crippen molar-refractivity contribution in [1.29, 1.82) is 0 Å². The first-order chi connectivity index (χ1) is 11.8. The first-order valence-corrected chi connectivity index (χ1v) is 17.9. The molecule has 26 heavy (non-hydrogen) atoms. The molecule has 9 heteroatoms. The van der Waals surface area contributed by atoms with E-state index in [0.717, 1.165) is 0 Å². The number of hydrogen-bond acceptors (Lipinski definition) is 6. The van der Waals surface area contributed by atoms with E-state index in [1.165, 1.54) is 0 Å². The molecule has 0 saturated heterocycles. The first kappa shape index (κ1) is 22.9. The Hall–Kier alpha value is -1.11. The van der Waals surface area contributed by atoms with Crippen LogP contribution in [-0.2, 0) is 22.5 Å². The average Bonchev–Trinajstić information content (AvgIpc) is 2.47. The molecule has 1 aromatic rings. The van der Waals surface area contributed by atoms with E-state index in [2.05, 4.69) is 39.3 Å². The van der Waals surface area contributed by atoms with E-state index in [9.17, 15) is 9.59 Å². The molecule has 1 rings (SSSR count). The molecule has 0 aliphatic rings. The topological polar surface area (TPSA) is 71.1 Å². The van der Waals surface area contributed by atoms with Crippen molar-refractivity contribution in [3.63, 3.8) is 0 Å². The molecule has 0 spiro atoms. The van der Waals surface area contributed by atoms with Gasteiger partial charge < -0.3 is 17.7 Å². The second-order valence-electron chi connectivity index (χ2n) is 8.16. The van der Waals surface area contributed by atoms with E-state index < -0.39 is 36.9 Å². The molecule has 0 atom stereocenters. The molecule has 0 aromatic heterocycles. The zero-order valence-corrected chi connectivity index (χ0v) is 19.8. The van der Waals surface area contributed by atoms with Crippen molar-refractivity contribution in [2.45, 2.75) is 45.8 Å². The number of rotatable bonds is 10. The first-order valence-electron chi connectivity index (χ1n) is 8.56. The Kier molecular flexibility index (Phi) is 8.11. The highest BCUT2D eigenvalue weighted by molar-refractivity contribution is 6.87. The highest BCUT2D eigenvalue weighted by Crippen LogP contribution is 2.21. The second-order valence-corrected chi connectivity index (χ2v) is 20.8. The van der Waals surface area contributed by atoms with E-state index in [0.29, 0.717) is 5.56 Å². The number of Topliss-reactive ketones (excluding diaryl/α,β-unsaturated/α-hetero) is 1. The lowest BCUT2D eigenvalue weighted by Gasteiger charge is -2.38. The van der Waals surface area contributed by atoms with Gasteiger partial charge in [-0.25, -0.2) is 4.79 Å². The van der Waals surface area contributed by atoms with Crippen LogP contribution in [0.25, 0.3) is 0 Å². The van der Waals surface area contributed by atoms with E-state index >= 15 is 0 Å². The number of carbonyl (C=O) groups is 2. The summed E-state index contributed by atoms with van der Waals surface area (Å²) in [7, 11) is -6.20. The minimum absolute atomic E-state index is 0.244. The Labute approximate surface area is 159 Å². The van der Waals surface area contributed by atoms with Crippen LogP contribution in [-0.4, -0.2) is 50.0 Å². The Morgan fingerprint density at radius 3 is 1.81 bits per heavy atom.